The quantitative estimate of drug-likeness (QED) is 0.199. The van der Waals surface area contributed by atoms with Gasteiger partial charge in [-0.3, -0.25) is 14.5 Å². The van der Waals surface area contributed by atoms with E-state index >= 15 is 0 Å². The molecule has 0 saturated carbocycles. The second kappa shape index (κ2) is 9.97. The van der Waals surface area contributed by atoms with Crippen molar-refractivity contribution in [3.05, 3.63) is 46.3 Å². The van der Waals surface area contributed by atoms with Crippen LogP contribution < -0.4 is 10.1 Å². The molecule has 33 heavy (non-hydrogen) atoms. The zero-order valence-corrected chi connectivity index (χ0v) is 20.3. The van der Waals surface area contributed by atoms with Crippen LogP contribution in [0.5, 0.6) is 5.75 Å². The van der Waals surface area contributed by atoms with Crippen molar-refractivity contribution in [3.8, 4) is 5.75 Å². The number of benzene rings is 1. The van der Waals surface area contributed by atoms with Gasteiger partial charge in [-0.1, -0.05) is 6.92 Å². The van der Waals surface area contributed by atoms with E-state index in [0.717, 1.165) is 17.0 Å². The summed E-state index contributed by atoms with van der Waals surface area (Å²) in [5.41, 5.74) is 0.354. The Hall–Kier alpha value is -2.19. The highest BCUT2D eigenvalue weighted by atomic mass is 127. The molecule has 0 spiro atoms. The fourth-order valence-corrected chi connectivity index (χ4v) is 5.27. The van der Waals surface area contributed by atoms with Gasteiger partial charge in [0.2, 0.25) is 5.91 Å². The summed E-state index contributed by atoms with van der Waals surface area (Å²) < 4.78 is 39.7. The lowest BCUT2D eigenvalue weighted by Gasteiger charge is -2.28. The molecule has 1 amide bonds. The maximum Gasteiger partial charge on any atom is 0.573 e. The average molecular weight is 596 g/mol. The number of ketones is 1. The molecule has 1 saturated heterocycles. The summed E-state index contributed by atoms with van der Waals surface area (Å²) in [6.07, 6.45) is -3.15. The largest absolute Gasteiger partial charge is 0.573 e. The second-order valence-corrected chi connectivity index (χ2v) is 10.3. The topological polar surface area (TPSA) is 95.9 Å². The summed E-state index contributed by atoms with van der Waals surface area (Å²) in [5, 5.41) is 12.5. The van der Waals surface area contributed by atoms with Gasteiger partial charge in [0.15, 0.2) is 9.33 Å². The number of likely N-dealkylation sites (tertiary alicyclic amines) is 1. The number of aryl methyl sites for hydroxylation is 1. The minimum absolute atomic E-state index is 0.136. The van der Waals surface area contributed by atoms with E-state index in [-0.39, 0.29) is 17.7 Å². The van der Waals surface area contributed by atoms with Crippen molar-refractivity contribution in [1.29, 1.82) is 0 Å². The van der Waals surface area contributed by atoms with E-state index in [1.54, 1.807) is 11.0 Å². The number of halogens is 4. The van der Waals surface area contributed by atoms with Crippen LogP contribution in [0.25, 0.3) is 0 Å². The first-order valence-corrected chi connectivity index (χ1v) is 11.8. The SMILES string of the molecule is CCc1cc(C(=O)c2ccc(OC(F)(F)F)cc2)c(NC(=O)CN2CCCC2(I)C(=O)O)s1. The minimum Gasteiger partial charge on any atom is -0.479 e. The van der Waals surface area contributed by atoms with Gasteiger partial charge < -0.3 is 15.2 Å². The first-order chi connectivity index (χ1) is 15.4. The van der Waals surface area contributed by atoms with Gasteiger partial charge in [-0.25, -0.2) is 4.79 Å². The highest BCUT2D eigenvalue weighted by Gasteiger charge is 2.46. The lowest BCUT2D eigenvalue weighted by atomic mass is 10.0. The normalized spacial score (nSPS) is 18.8. The molecule has 178 valence electrons. The fourth-order valence-electron chi connectivity index (χ4n) is 3.47. The van der Waals surface area contributed by atoms with E-state index in [2.05, 4.69) is 10.1 Å². The predicted octanol–water partition coefficient (Wildman–Crippen LogP) is 4.69. The number of hydrogen-bond acceptors (Lipinski definition) is 6. The summed E-state index contributed by atoms with van der Waals surface area (Å²) in [6.45, 7) is 2.20. The molecule has 2 aromatic rings. The standard InChI is InChI=1S/C21H20F3IN2O5S/c1-2-14-10-15(17(29)12-4-6-13(7-5-12)32-21(22,23)24)18(33-14)26-16(28)11-27-9-3-8-20(27,25)19(30)31/h4-7,10H,2-3,8-9,11H2,1H3,(H,26,28)(H,30,31). The fraction of sp³-hybridized carbons (Fsp3) is 0.381. The first-order valence-electron chi connectivity index (χ1n) is 9.93. The van der Waals surface area contributed by atoms with Crippen molar-refractivity contribution in [1.82, 2.24) is 4.90 Å². The Morgan fingerprint density at radius 3 is 2.52 bits per heavy atom. The van der Waals surface area contributed by atoms with Gasteiger partial charge in [0.25, 0.3) is 0 Å². The number of nitrogens with one attached hydrogen (secondary N) is 1. The summed E-state index contributed by atoms with van der Waals surface area (Å²) in [4.78, 5) is 39.7. The van der Waals surface area contributed by atoms with E-state index in [4.69, 9.17) is 0 Å². The summed E-state index contributed by atoms with van der Waals surface area (Å²) >= 11 is 3.06. The van der Waals surface area contributed by atoms with Crippen molar-refractivity contribution in [2.24, 2.45) is 0 Å². The number of carboxylic acid groups (broad SMARTS) is 1. The monoisotopic (exact) mass is 596 g/mol. The van der Waals surface area contributed by atoms with E-state index < -0.39 is 33.3 Å². The number of carbonyl (C=O) groups is 3. The van der Waals surface area contributed by atoms with Crippen LogP contribution in [0.3, 0.4) is 0 Å². The smallest absolute Gasteiger partial charge is 0.479 e. The van der Waals surface area contributed by atoms with E-state index in [1.165, 1.54) is 23.5 Å². The zero-order valence-electron chi connectivity index (χ0n) is 17.4. The van der Waals surface area contributed by atoms with Crippen LogP contribution in [0.15, 0.2) is 30.3 Å². The molecule has 3 rings (SSSR count). The van der Waals surface area contributed by atoms with E-state index in [1.807, 2.05) is 29.5 Å². The molecule has 0 radical (unpaired) electrons. The van der Waals surface area contributed by atoms with Crippen molar-refractivity contribution in [3.63, 3.8) is 0 Å². The number of anilines is 1. The number of rotatable bonds is 8. The Morgan fingerprint density at radius 1 is 1.27 bits per heavy atom. The molecule has 12 heteroatoms. The molecule has 1 aliphatic heterocycles. The molecule has 1 aromatic heterocycles. The van der Waals surface area contributed by atoms with Crippen LogP contribution in [0.1, 0.15) is 40.6 Å². The number of carbonyl (C=O) groups excluding carboxylic acids is 2. The van der Waals surface area contributed by atoms with Crippen LogP contribution in [0, 0.1) is 0 Å². The zero-order chi connectivity index (χ0) is 24.4. The van der Waals surface area contributed by atoms with Gasteiger partial charge in [-0.2, -0.15) is 0 Å². The molecular formula is C21H20F3IN2O5S. The number of nitrogens with zero attached hydrogens (tertiary/aromatic N) is 1. The molecule has 1 aliphatic rings. The molecule has 0 bridgehead atoms. The van der Waals surface area contributed by atoms with Crippen molar-refractivity contribution in [2.45, 2.75) is 36.1 Å². The maximum absolute atomic E-state index is 13.0. The molecule has 1 atom stereocenters. The van der Waals surface area contributed by atoms with Gasteiger partial charge in [0.05, 0.1) is 12.1 Å². The van der Waals surface area contributed by atoms with Crippen LogP contribution in [-0.4, -0.2) is 50.7 Å². The Balaban J connectivity index is 1.77. The van der Waals surface area contributed by atoms with Crippen molar-refractivity contribution >= 4 is 56.6 Å². The van der Waals surface area contributed by atoms with E-state index in [0.29, 0.717) is 30.8 Å². The highest BCUT2D eigenvalue weighted by molar-refractivity contribution is 14.1. The number of ether oxygens (including phenoxy) is 1. The Kier molecular flexibility index (Phi) is 7.69. The third kappa shape index (κ3) is 6.03. The summed E-state index contributed by atoms with van der Waals surface area (Å²) in [7, 11) is 0. The van der Waals surface area contributed by atoms with Gasteiger partial charge in [-0.15, -0.1) is 24.5 Å². The second-order valence-electron chi connectivity index (χ2n) is 7.35. The third-order valence-corrected chi connectivity index (χ3v) is 7.96. The summed E-state index contributed by atoms with van der Waals surface area (Å²) in [6, 6.07) is 6.18. The first kappa shape index (κ1) is 25.4. The molecule has 1 unspecified atom stereocenters. The predicted molar refractivity (Wildman–Crippen MR) is 124 cm³/mol. The number of alkyl halides is 4. The van der Waals surface area contributed by atoms with Gasteiger partial charge in [0.1, 0.15) is 10.8 Å². The molecule has 7 nitrogen and oxygen atoms in total. The van der Waals surface area contributed by atoms with Gasteiger partial charge in [-0.05, 0) is 72.2 Å². The lowest BCUT2D eigenvalue weighted by Crippen LogP contribution is -2.48. The third-order valence-electron chi connectivity index (χ3n) is 5.08. The molecule has 2 heterocycles. The summed E-state index contributed by atoms with van der Waals surface area (Å²) in [5.74, 6) is -2.37. The maximum atomic E-state index is 13.0. The molecule has 1 fully saturated rings. The average Bonchev–Trinajstić information content (AvgIpc) is 3.31. The minimum atomic E-state index is -4.84. The van der Waals surface area contributed by atoms with Crippen molar-refractivity contribution in [2.75, 3.05) is 18.4 Å². The van der Waals surface area contributed by atoms with Crippen LogP contribution in [0.4, 0.5) is 18.2 Å². The van der Waals surface area contributed by atoms with E-state index in [9.17, 15) is 32.7 Å². The number of hydrogen-bond donors (Lipinski definition) is 2. The number of carboxylic acids is 1. The Labute approximate surface area is 205 Å². The number of thiophene rings is 1. The van der Waals surface area contributed by atoms with Crippen molar-refractivity contribution < 1.29 is 37.4 Å². The van der Waals surface area contributed by atoms with Gasteiger partial charge in [0, 0.05) is 17.0 Å². The lowest BCUT2D eigenvalue weighted by molar-refractivity contribution is -0.274. The number of aliphatic carboxylic acids is 1. The van der Waals surface area contributed by atoms with Crippen LogP contribution in [-0.2, 0) is 16.0 Å². The molecule has 1 aromatic carbocycles. The molecule has 2 N–H and O–H groups in total. The molecule has 0 aliphatic carbocycles. The molecular weight excluding hydrogens is 576 g/mol. The van der Waals surface area contributed by atoms with Crippen LogP contribution >= 0.6 is 33.9 Å². The highest BCUT2D eigenvalue weighted by Crippen LogP contribution is 2.36. The Bertz CT molecular complexity index is 1060. The number of amides is 1. The van der Waals surface area contributed by atoms with Gasteiger partial charge >= 0.3 is 12.3 Å². The van der Waals surface area contributed by atoms with Crippen LogP contribution in [0.2, 0.25) is 0 Å². The Morgan fingerprint density at radius 2 is 1.94 bits per heavy atom.